The van der Waals surface area contributed by atoms with Gasteiger partial charge < -0.3 is 9.53 Å². The molecule has 1 aliphatic rings. The number of carbonyl (C=O) groups excluding carboxylic acids is 1. The molecule has 0 unspecified atom stereocenters. The van der Waals surface area contributed by atoms with Crippen LogP contribution in [-0.2, 0) is 9.53 Å². The van der Waals surface area contributed by atoms with Gasteiger partial charge in [0.1, 0.15) is 6.29 Å². The monoisotopic (exact) mass is 156 g/mol. The van der Waals surface area contributed by atoms with Gasteiger partial charge in [-0.2, -0.15) is 0 Å². The second-order valence-corrected chi connectivity index (χ2v) is 3.57. The summed E-state index contributed by atoms with van der Waals surface area (Å²) in [7, 11) is 0. The van der Waals surface area contributed by atoms with Gasteiger partial charge >= 0.3 is 0 Å². The molecular weight excluding hydrogens is 140 g/mol. The quantitative estimate of drug-likeness (QED) is 0.566. The molecule has 0 aromatic rings. The molecule has 0 aliphatic carbocycles. The molecule has 0 spiro atoms. The summed E-state index contributed by atoms with van der Waals surface area (Å²) in [6.07, 6.45) is 2.00. The van der Waals surface area contributed by atoms with Crippen molar-refractivity contribution in [1.82, 2.24) is 0 Å². The largest absolute Gasteiger partial charge is 0.381 e. The van der Waals surface area contributed by atoms with E-state index in [1.165, 1.54) is 0 Å². The molecule has 1 rings (SSSR count). The lowest BCUT2D eigenvalue weighted by Gasteiger charge is -2.30. The van der Waals surface area contributed by atoms with Crippen molar-refractivity contribution >= 4 is 6.29 Å². The van der Waals surface area contributed by atoms with Crippen molar-refractivity contribution in [2.24, 2.45) is 17.8 Å². The lowest BCUT2D eigenvalue weighted by Crippen LogP contribution is -2.31. The molecule has 0 radical (unpaired) electrons. The number of hydrogen-bond acceptors (Lipinski definition) is 2. The Bertz CT molecular complexity index is 132. The van der Waals surface area contributed by atoms with E-state index in [4.69, 9.17) is 4.74 Å². The molecular formula is C9H16O2. The lowest BCUT2D eigenvalue weighted by molar-refractivity contribution is -0.117. The maximum Gasteiger partial charge on any atom is 0.123 e. The highest BCUT2D eigenvalue weighted by Gasteiger charge is 2.27. The van der Waals surface area contributed by atoms with Crippen molar-refractivity contribution in [2.75, 3.05) is 13.2 Å². The minimum Gasteiger partial charge on any atom is -0.381 e. The van der Waals surface area contributed by atoms with E-state index in [-0.39, 0.29) is 5.92 Å². The summed E-state index contributed by atoms with van der Waals surface area (Å²) in [5.41, 5.74) is 0. The first-order valence-corrected chi connectivity index (χ1v) is 4.28. The molecule has 2 nitrogen and oxygen atoms in total. The van der Waals surface area contributed by atoms with Gasteiger partial charge in [0, 0.05) is 12.5 Å². The first kappa shape index (κ1) is 8.72. The Morgan fingerprint density at radius 1 is 1.55 bits per heavy atom. The fourth-order valence-electron chi connectivity index (χ4n) is 1.63. The maximum atomic E-state index is 10.6. The molecule has 0 saturated carbocycles. The van der Waals surface area contributed by atoms with Crippen LogP contribution in [0.4, 0.5) is 0 Å². The number of aldehydes is 1. The van der Waals surface area contributed by atoms with Crippen LogP contribution < -0.4 is 0 Å². The molecule has 0 N–H and O–H groups in total. The van der Waals surface area contributed by atoms with Crippen LogP contribution in [-0.4, -0.2) is 19.5 Å². The molecule has 64 valence electrons. The normalized spacial score (nSPS) is 32.3. The van der Waals surface area contributed by atoms with E-state index in [1.807, 2.05) is 0 Å². The number of hydrogen-bond donors (Lipinski definition) is 0. The van der Waals surface area contributed by atoms with Crippen LogP contribution in [0.15, 0.2) is 0 Å². The average molecular weight is 156 g/mol. The Morgan fingerprint density at radius 3 is 2.73 bits per heavy atom. The fraction of sp³-hybridized carbons (Fsp3) is 0.889. The van der Waals surface area contributed by atoms with E-state index in [9.17, 15) is 4.79 Å². The standard InChI is InChI=1S/C9H16O2/c1-7(2)9-6-11-4-3-8(9)5-10/h5,7-9H,3-4,6H2,1-2H3/t8-,9-/m1/s1. The summed E-state index contributed by atoms with van der Waals surface area (Å²) in [6, 6.07) is 0. The number of carbonyl (C=O) groups is 1. The van der Waals surface area contributed by atoms with Gasteiger partial charge in [-0.15, -0.1) is 0 Å². The maximum absolute atomic E-state index is 10.6. The van der Waals surface area contributed by atoms with Crippen LogP contribution in [0.3, 0.4) is 0 Å². The smallest absolute Gasteiger partial charge is 0.123 e. The van der Waals surface area contributed by atoms with E-state index in [0.29, 0.717) is 11.8 Å². The van der Waals surface area contributed by atoms with Crippen molar-refractivity contribution < 1.29 is 9.53 Å². The Balaban J connectivity index is 2.51. The Hall–Kier alpha value is -0.370. The zero-order valence-corrected chi connectivity index (χ0v) is 7.25. The third-order valence-electron chi connectivity index (χ3n) is 2.49. The minimum atomic E-state index is 0.240. The Labute approximate surface area is 67.9 Å². The summed E-state index contributed by atoms with van der Waals surface area (Å²) in [5, 5.41) is 0. The van der Waals surface area contributed by atoms with E-state index >= 15 is 0 Å². The van der Waals surface area contributed by atoms with Crippen molar-refractivity contribution in [3.63, 3.8) is 0 Å². The van der Waals surface area contributed by atoms with Crippen molar-refractivity contribution in [3.05, 3.63) is 0 Å². The van der Waals surface area contributed by atoms with Crippen LogP contribution >= 0.6 is 0 Å². The van der Waals surface area contributed by atoms with Crippen LogP contribution in [0.5, 0.6) is 0 Å². The van der Waals surface area contributed by atoms with E-state index in [0.717, 1.165) is 25.9 Å². The van der Waals surface area contributed by atoms with Gasteiger partial charge in [-0.05, 0) is 18.3 Å². The van der Waals surface area contributed by atoms with Gasteiger partial charge in [0.25, 0.3) is 0 Å². The predicted octanol–water partition coefficient (Wildman–Crippen LogP) is 1.49. The van der Waals surface area contributed by atoms with Gasteiger partial charge in [0.05, 0.1) is 6.61 Å². The molecule has 0 amide bonds. The van der Waals surface area contributed by atoms with E-state index in [2.05, 4.69) is 13.8 Å². The van der Waals surface area contributed by atoms with Crippen LogP contribution in [0.25, 0.3) is 0 Å². The van der Waals surface area contributed by atoms with Gasteiger partial charge in [0.15, 0.2) is 0 Å². The molecule has 1 fully saturated rings. The number of ether oxygens (including phenoxy) is 1. The molecule has 2 heteroatoms. The third-order valence-corrected chi connectivity index (χ3v) is 2.49. The second kappa shape index (κ2) is 3.86. The van der Waals surface area contributed by atoms with Gasteiger partial charge in [-0.25, -0.2) is 0 Å². The zero-order valence-electron chi connectivity index (χ0n) is 7.25. The molecule has 0 aromatic carbocycles. The summed E-state index contributed by atoms with van der Waals surface area (Å²) in [4.78, 5) is 10.6. The van der Waals surface area contributed by atoms with Crippen LogP contribution in [0.1, 0.15) is 20.3 Å². The van der Waals surface area contributed by atoms with Gasteiger partial charge in [-0.3, -0.25) is 0 Å². The highest BCUT2D eigenvalue weighted by Crippen LogP contribution is 2.26. The highest BCUT2D eigenvalue weighted by molar-refractivity contribution is 5.54. The SMILES string of the molecule is CC(C)[C@H]1COCC[C@@H]1C=O. The van der Waals surface area contributed by atoms with Crippen molar-refractivity contribution in [2.45, 2.75) is 20.3 Å². The molecule has 0 bridgehead atoms. The lowest BCUT2D eigenvalue weighted by atomic mass is 9.82. The van der Waals surface area contributed by atoms with Crippen molar-refractivity contribution in [3.8, 4) is 0 Å². The van der Waals surface area contributed by atoms with E-state index in [1.54, 1.807) is 0 Å². The van der Waals surface area contributed by atoms with E-state index < -0.39 is 0 Å². The molecule has 2 atom stereocenters. The second-order valence-electron chi connectivity index (χ2n) is 3.57. The summed E-state index contributed by atoms with van der Waals surface area (Å²) in [5.74, 6) is 1.25. The molecule has 1 aliphatic heterocycles. The third kappa shape index (κ3) is 2.03. The molecule has 1 saturated heterocycles. The highest BCUT2D eigenvalue weighted by atomic mass is 16.5. The number of rotatable bonds is 2. The van der Waals surface area contributed by atoms with Crippen molar-refractivity contribution in [1.29, 1.82) is 0 Å². The zero-order chi connectivity index (χ0) is 8.27. The first-order chi connectivity index (χ1) is 5.25. The summed E-state index contributed by atoms with van der Waals surface area (Å²) >= 11 is 0. The topological polar surface area (TPSA) is 26.3 Å². The minimum absolute atomic E-state index is 0.240. The fourth-order valence-corrected chi connectivity index (χ4v) is 1.63. The predicted molar refractivity (Wildman–Crippen MR) is 43.3 cm³/mol. The average Bonchev–Trinajstić information content (AvgIpc) is 2.04. The Kier molecular flexibility index (Phi) is 3.06. The Morgan fingerprint density at radius 2 is 2.27 bits per heavy atom. The first-order valence-electron chi connectivity index (χ1n) is 4.28. The summed E-state index contributed by atoms with van der Waals surface area (Å²) < 4.78 is 5.32. The molecule has 11 heavy (non-hydrogen) atoms. The van der Waals surface area contributed by atoms with Crippen LogP contribution in [0.2, 0.25) is 0 Å². The van der Waals surface area contributed by atoms with Gasteiger partial charge in [-0.1, -0.05) is 13.8 Å². The molecule has 1 heterocycles. The summed E-state index contributed by atoms with van der Waals surface area (Å²) in [6.45, 7) is 5.82. The van der Waals surface area contributed by atoms with Crippen LogP contribution in [0, 0.1) is 17.8 Å². The van der Waals surface area contributed by atoms with Gasteiger partial charge in [0.2, 0.25) is 0 Å². The molecule has 0 aromatic heterocycles.